The van der Waals surface area contributed by atoms with Gasteiger partial charge in [0.25, 0.3) is 0 Å². The Balaban J connectivity index is 2.42. The van der Waals surface area contributed by atoms with Gasteiger partial charge in [0.15, 0.2) is 0 Å². The van der Waals surface area contributed by atoms with E-state index >= 15 is 0 Å². The number of esters is 3. The van der Waals surface area contributed by atoms with E-state index < -0.39 is 12.2 Å². The Hall–Kier alpha value is -2.63. The van der Waals surface area contributed by atoms with Crippen LogP contribution in [0.5, 0.6) is 0 Å². The van der Waals surface area contributed by atoms with Gasteiger partial charge in [0.2, 0.25) is 0 Å². The molecule has 1 aliphatic carbocycles. The van der Waals surface area contributed by atoms with Gasteiger partial charge >= 0.3 is 17.9 Å². The second kappa shape index (κ2) is 10.2. The third kappa shape index (κ3) is 6.17. The Morgan fingerprint density at radius 2 is 1.79 bits per heavy atom. The van der Waals surface area contributed by atoms with E-state index in [1.165, 1.54) is 14.0 Å². The number of carbonyl (C=O) groups excluding carboxylic acids is 3. The van der Waals surface area contributed by atoms with Gasteiger partial charge in [0.1, 0.15) is 12.2 Å². The summed E-state index contributed by atoms with van der Waals surface area (Å²) in [5, 5.41) is 0. The number of ether oxygens (including phenoxy) is 3. The van der Waals surface area contributed by atoms with Crippen molar-refractivity contribution in [1.82, 2.24) is 0 Å². The summed E-state index contributed by atoms with van der Waals surface area (Å²) in [7, 11) is 1.38. The maximum Gasteiger partial charge on any atom is 0.334 e. The molecule has 0 aromatic rings. The number of allylic oxidation sites excluding steroid dienone is 3. The predicted molar refractivity (Wildman–Crippen MR) is 109 cm³/mol. The minimum absolute atomic E-state index is 0.327. The molecule has 0 aromatic heterocycles. The molecule has 2 rings (SSSR count). The van der Waals surface area contributed by atoms with Crippen LogP contribution in [0.15, 0.2) is 46.1 Å². The van der Waals surface area contributed by atoms with Crippen LogP contribution in [-0.4, -0.2) is 37.2 Å². The van der Waals surface area contributed by atoms with Crippen molar-refractivity contribution in [3.05, 3.63) is 46.1 Å². The van der Waals surface area contributed by atoms with Crippen molar-refractivity contribution in [2.24, 2.45) is 0 Å². The molecule has 2 unspecified atom stereocenters. The lowest BCUT2D eigenvalue weighted by Gasteiger charge is -2.21. The summed E-state index contributed by atoms with van der Waals surface area (Å²) >= 11 is 0. The second-order valence-electron chi connectivity index (χ2n) is 7.54. The summed E-state index contributed by atoms with van der Waals surface area (Å²) in [5.41, 5.74) is 3.98. The van der Waals surface area contributed by atoms with Crippen LogP contribution < -0.4 is 0 Å². The van der Waals surface area contributed by atoms with Gasteiger partial charge in [0.05, 0.1) is 7.11 Å². The number of rotatable bonds is 2. The highest BCUT2D eigenvalue weighted by atomic mass is 16.6. The molecule has 0 bridgehead atoms. The van der Waals surface area contributed by atoms with Gasteiger partial charge in [0, 0.05) is 24.5 Å². The molecule has 0 aromatic carbocycles. The summed E-state index contributed by atoms with van der Waals surface area (Å²) in [4.78, 5) is 35.9. The highest BCUT2D eigenvalue weighted by Gasteiger charge is 2.32. The number of fused-ring (bicyclic) bond motifs is 1. The zero-order valence-electron chi connectivity index (χ0n) is 17.9. The predicted octanol–water partition coefficient (Wildman–Crippen LogP) is 4.12. The first-order valence-corrected chi connectivity index (χ1v) is 9.92. The van der Waals surface area contributed by atoms with Crippen molar-refractivity contribution in [2.75, 3.05) is 7.11 Å². The first-order valence-electron chi connectivity index (χ1n) is 9.92. The van der Waals surface area contributed by atoms with Crippen molar-refractivity contribution in [2.45, 2.75) is 72.0 Å². The van der Waals surface area contributed by atoms with Crippen molar-refractivity contribution < 1.29 is 28.6 Å². The fraction of sp³-hybridized carbons (Fsp3) is 0.522. The van der Waals surface area contributed by atoms with Crippen molar-refractivity contribution in [1.29, 1.82) is 0 Å². The highest BCUT2D eigenvalue weighted by Crippen LogP contribution is 2.31. The lowest BCUT2D eigenvalue weighted by molar-refractivity contribution is -0.145. The topological polar surface area (TPSA) is 78.9 Å². The quantitative estimate of drug-likeness (QED) is 0.393. The molecule has 0 radical (unpaired) electrons. The molecule has 0 N–H and O–H groups in total. The van der Waals surface area contributed by atoms with Crippen LogP contribution in [0.4, 0.5) is 0 Å². The Bertz CT molecular complexity index is 796. The number of hydrogen-bond acceptors (Lipinski definition) is 6. The molecule has 6 nitrogen and oxygen atoms in total. The van der Waals surface area contributed by atoms with E-state index in [1.807, 2.05) is 32.1 Å². The molecule has 158 valence electrons. The summed E-state index contributed by atoms with van der Waals surface area (Å²) in [6.07, 6.45) is 7.87. The molecular formula is C23H30O6. The third-order valence-corrected chi connectivity index (χ3v) is 5.28. The second-order valence-corrected chi connectivity index (χ2v) is 7.54. The van der Waals surface area contributed by atoms with Crippen LogP contribution in [0.25, 0.3) is 0 Å². The summed E-state index contributed by atoms with van der Waals surface area (Å²) in [5.74, 6) is -1.05. The fourth-order valence-electron chi connectivity index (χ4n) is 3.54. The van der Waals surface area contributed by atoms with E-state index in [0.29, 0.717) is 36.8 Å². The van der Waals surface area contributed by atoms with E-state index in [4.69, 9.17) is 14.2 Å². The number of methoxy groups -OCH3 is 1. The van der Waals surface area contributed by atoms with E-state index in [0.717, 1.165) is 23.1 Å². The van der Waals surface area contributed by atoms with Crippen LogP contribution >= 0.6 is 0 Å². The molecular weight excluding hydrogens is 372 g/mol. The summed E-state index contributed by atoms with van der Waals surface area (Å²) < 4.78 is 16.0. The summed E-state index contributed by atoms with van der Waals surface area (Å²) in [6.45, 7) is 6.99. The van der Waals surface area contributed by atoms with Gasteiger partial charge < -0.3 is 14.2 Å². The highest BCUT2D eigenvalue weighted by molar-refractivity contribution is 5.92. The van der Waals surface area contributed by atoms with Gasteiger partial charge in [-0.25, -0.2) is 9.59 Å². The third-order valence-electron chi connectivity index (χ3n) is 5.28. The van der Waals surface area contributed by atoms with E-state index in [-0.39, 0.29) is 17.9 Å². The van der Waals surface area contributed by atoms with Crippen LogP contribution in [0.3, 0.4) is 0 Å². The van der Waals surface area contributed by atoms with Crippen molar-refractivity contribution in [3.8, 4) is 0 Å². The lowest BCUT2D eigenvalue weighted by Crippen LogP contribution is -2.21. The van der Waals surface area contributed by atoms with Crippen molar-refractivity contribution in [3.63, 3.8) is 0 Å². The number of hydrogen-bond donors (Lipinski definition) is 0. The zero-order chi connectivity index (χ0) is 21.6. The Morgan fingerprint density at radius 3 is 2.45 bits per heavy atom. The normalized spacial score (nSPS) is 23.8. The smallest absolute Gasteiger partial charge is 0.334 e. The maximum absolute atomic E-state index is 12.2. The minimum Gasteiger partial charge on any atom is -0.466 e. The van der Waals surface area contributed by atoms with Gasteiger partial charge in [-0.2, -0.15) is 0 Å². The molecule has 0 saturated heterocycles. The molecule has 6 heteroatoms. The van der Waals surface area contributed by atoms with Gasteiger partial charge in [-0.15, -0.1) is 0 Å². The Kier molecular flexibility index (Phi) is 8.00. The largest absolute Gasteiger partial charge is 0.466 e. The first kappa shape index (κ1) is 22.7. The molecule has 2 aliphatic rings. The molecule has 1 heterocycles. The Morgan fingerprint density at radius 1 is 1.10 bits per heavy atom. The van der Waals surface area contributed by atoms with Crippen molar-refractivity contribution >= 4 is 17.9 Å². The van der Waals surface area contributed by atoms with E-state index in [9.17, 15) is 14.4 Å². The zero-order valence-corrected chi connectivity index (χ0v) is 17.9. The van der Waals surface area contributed by atoms with E-state index in [2.05, 4.69) is 0 Å². The monoisotopic (exact) mass is 402 g/mol. The Labute approximate surface area is 172 Å². The van der Waals surface area contributed by atoms with Crippen LogP contribution in [0, 0.1) is 0 Å². The summed E-state index contributed by atoms with van der Waals surface area (Å²) in [6, 6.07) is 0. The first-order chi connectivity index (χ1) is 13.7. The molecule has 0 fully saturated rings. The molecule has 0 saturated carbocycles. The van der Waals surface area contributed by atoms with Crippen LogP contribution in [0.2, 0.25) is 0 Å². The van der Waals surface area contributed by atoms with Gasteiger partial charge in [-0.1, -0.05) is 17.7 Å². The van der Waals surface area contributed by atoms with Crippen LogP contribution in [-0.2, 0) is 28.6 Å². The average molecular weight is 402 g/mol. The molecule has 2 atom stereocenters. The SMILES string of the molecule is COC(=O)C1=CCCC(C)=CC2OC(=O)C(C)=C2CC(OC(C)=O)C(C)=CCC1. The fourth-order valence-corrected chi connectivity index (χ4v) is 3.54. The van der Waals surface area contributed by atoms with E-state index in [1.54, 1.807) is 6.92 Å². The van der Waals surface area contributed by atoms with Crippen LogP contribution in [0.1, 0.15) is 59.8 Å². The average Bonchev–Trinajstić information content (AvgIpc) is 2.91. The van der Waals surface area contributed by atoms with Gasteiger partial charge in [-0.3, -0.25) is 4.79 Å². The molecule has 0 amide bonds. The standard InChI is InChI=1S/C23H30O6/c1-14-8-6-10-18(23(26)27-5)11-7-9-15(2)20(28-17(4)24)13-19-16(3)22(25)29-21(19)12-14/h9-10,12,20-21H,6-8,11,13H2,1-5H3. The van der Waals surface area contributed by atoms with Gasteiger partial charge in [-0.05, 0) is 63.7 Å². The maximum atomic E-state index is 12.2. The minimum atomic E-state index is -0.489. The number of carbonyl (C=O) groups is 3. The lowest BCUT2D eigenvalue weighted by atomic mass is 9.93. The molecule has 0 spiro atoms. The molecule has 1 aliphatic heterocycles. The molecule has 29 heavy (non-hydrogen) atoms.